The molecule has 1 aromatic carbocycles. The molecule has 1 aromatic heterocycles. The number of hydrogen-bond donors (Lipinski definition) is 3. The van der Waals surface area contributed by atoms with Gasteiger partial charge >= 0.3 is 0 Å². The predicted molar refractivity (Wildman–Crippen MR) is 131 cm³/mol. The van der Waals surface area contributed by atoms with Gasteiger partial charge in [-0.05, 0) is 35.2 Å². The summed E-state index contributed by atoms with van der Waals surface area (Å²) in [4.78, 5) is 25.3. The van der Waals surface area contributed by atoms with E-state index in [1.165, 1.54) is 6.20 Å². The van der Waals surface area contributed by atoms with Gasteiger partial charge in [-0.2, -0.15) is 5.10 Å². The van der Waals surface area contributed by atoms with Crippen LogP contribution in [0, 0.1) is 23.2 Å². The summed E-state index contributed by atoms with van der Waals surface area (Å²) < 4.78 is 1.04. The van der Waals surface area contributed by atoms with Crippen molar-refractivity contribution in [3.63, 3.8) is 0 Å². The number of aromatic nitrogens is 2. The van der Waals surface area contributed by atoms with E-state index in [2.05, 4.69) is 50.4 Å². The Morgan fingerprint density at radius 3 is 2.58 bits per heavy atom. The van der Waals surface area contributed by atoms with Crippen LogP contribution in [-0.2, 0) is 11.3 Å². The summed E-state index contributed by atoms with van der Waals surface area (Å²) in [5.41, 5.74) is 0.982. The fourth-order valence-corrected chi connectivity index (χ4v) is 4.94. The van der Waals surface area contributed by atoms with Gasteiger partial charge in [-0.15, -0.1) is 0 Å². The second-order valence-corrected chi connectivity index (χ2v) is 10.3. The summed E-state index contributed by atoms with van der Waals surface area (Å²) in [5, 5.41) is 20.0. The van der Waals surface area contributed by atoms with Crippen molar-refractivity contribution in [2.45, 2.75) is 59.7 Å². The summed E-state index contributed by atoms with van der Waals surface area (Å²) >= 11 is 6.40. The van der Waals surface area contributed by atoms with Gasteiger partial charge < -0.3 is 15.7 Å². The smallest absolute Gasteiger partial charge is 0.288 e. The highest BCUT2D eigenvalue weighted by molar-refractivity contribution is 6.32. The number of anilines is 1. The highest BCUT2D eigenvalue weighted by Gasteiger charge is 2.43. The van der Waals surface area contributed by atoms with Gasteiger partial charge in [0.25, 0.3) is 5.56 Å². The van der Waals surface area contributed by atoms with Gasteiger partial charge in [0.05, 0.1) is 24.5 Å². The molecule has 0 radical (unpaired) electrons. The van der Waals surface area contributed by atoms with E-state index in [4.69, 9.17) is 11.6 Å². The van der Waals surface area contributed by atoms with Crippen LogP contribution >= 0.6 is 11.6 Å². The lowest BCUT2D eigenvalue weighted by atomic mass is 9.58. The van der Waals surface area contributed by atoms with Crippen molar-refractivity contribution < 1.29 is 9.90 Å². The maximum atomic E-state index is 12.8. The molecule has 180 valence electrons. The van der Waals surface area contributed by atoms with Gasteiger partial charge in [0.2, 0.25) is 5.91 Å². The Labute approximate surface area is 200 Å². The molecule has 5 atom stereocenters. The van der Waals surface area contributed by atoms with E-state index in [-0.39, 0.29) is 29.6 Å². The van der Waals surface area contributed by atoms with Gasteiger partial charge in [-0.3, -0.25) is 9.59 Å². The molecule has 33 heavy (non-hydrogen) atoms. The first-order valence-corrected chi connectivity index (χ1v) is 11.9. The topological polar surface area (TPSA) is 96.2 Å². The maximum absolute atomic E-state index is 12.8. The van der Waals surface area contributed by atoms with Crippen molar-refractivity contribution >= 4 is 23.2 Å². The number of nitrogens with zero attached hydrogens (tertiary/aromatic N) is 2. The van der Waals surface area contributed by atoms with Crippen LogP contribution in [0.25, 0.3) is 0 Å². The lowest BCUT2D eigenvalue weighted by Crippen LogP contribution is -2.48. The van der Waals surface area contributed by atoms with E-state index in [0.717, 1.165) is 16.7 Å². The minimum Gasteiger partial charge on any atom is -0.394 e. The molecule has 2 aromatic rings. The highest BCUT2D eigenvalue weighted by Crippen LogP contribution is 2.48. The fourth-order valence-electron chi connectivity index (χ4n) is 4.74. The summed E-state index contributed by atoms with van der Waals surface area (Å²) in [6.07, 6.45) is 2.49. The minimum absolute atomic E-state index is 0.0249. The van der Waals surface area contributed by atoms with Crippen LogP contribution in [0.2, 0.25) is 5.02 Å². The zero-order chi connectivity index (χ0) is 24.3. The molecule has 8 heteroatoms. The summed E-state index contributed by atoms with van der Waals surface area (Å²) in [5.74, 6) is 0.976. The Bertz CT molecular complexity index is 1020. The van der Waals surface area contributed by atoms with Crippen LogP contribution in [0.15, 0.2) is 41.3 Å². The molecule has 1 saturated carbocycles. The molecule has 1 aliphatic carbocycles. The third kappa shape index (κ3) is 5.41. The van der Waals surface area contributed by atoms with E-state index >= 15 is 0 Å². The normalized spacial score (nSPS) is 25.3. The second kappa shape index (κ2) is 10.3. The molecule has 3 N–H and O–H groups in total. The number of halogens is 1. The summed E-state index contributed by atoms with van der Waals surface area (Å²) in [6.45, 7) is 10.9. The standard InChI is InChI=1S/C25H35ClN4O3/c1-15-11-19(16(2)17(3)25(15,4)5)28-20-12-27-30(24(33)23(20)26)13-22(32)29-21(14-31)18-9-7-6-8-10-18/h6-10,12,15-17,19,21,28,31H,11,13-14H2,1-5H3,(H,29,32)/t15-,16+,17+,19+,21-/m0/s1. The largest absolute Gasteiger partial charge is 0.394 e. The lowest BCUT2D eigenvalue weighted by Gasteiger charge is -2.50. The Hall–Kier alpha value is -2.38. The monoisotopic (exact) mass is 474 g/mol. The molecule has 0 bridgehead atoms. The third-order valence-electron chi connectivity index (χ3n) is 7.81. The average molecular weight is 475 g/mol. The molecule has 1 fully saturated rings. The molecule has 0 spiro atoms. The number of aliphatic hydroxyl groups is 1. The molecule has 1 aliphatic rings. The molecule has 7 nitrogen and oxygen atoms in total. The number of aliphatic hydroxyl groups excluding tert-OH is 1. The maximum Gasteiger partial charge on any atom is 0.288 e. The summed E-state index contributed by atoms with van der Waals surface area (Å²) in [6, 6.07) is 8.77. The second-order valence-electron chi connectivity index (χ2n) is 9.91. The average Bonchev–Trinajstić information content (AvgIpc) is 2.80. The van der Waals surface area contributed by atoms with Crippen molar-refractivity contribution in [2.24, 2.45) is 23.2 Å². The Morgan fingerprint density at radius 1 is 1.27 bits per heavy atom. The summed E-state index contributed by atoms with van der Waals surface area (Å²) in [7, 11) is 0. The van der Waals surface area contributed by atoms with Crippen LogP contribution in [0.5, 0.6) is 0 Å². The molecular weight excluding hydrogens is 440 g/mol. The minimum atomic E-state index is -0.563. The van der Waals surface area contributed by atoms with Gasteiger partial charge in [-0.25, -0.2) is 4.68 Å². The van der Waals surface area contributed by atoms with E-state index in [1.807, 2.05) is 30.3 Å². The van der Waals surface area contributed by atoms with Crippen molar-refractivity contribution in [2.75, 3.05) is 11.9 Å². The predicted octanol–water partition coefficient (Wildman–Crippen LogP) is 3.87. The lowest BCUT2D eigenvalue weighted by molar-refractivity contribution is -0.123. The highest BCUT2D eigenvalue weighted by atomic mass is 35.5. The fraction of sp³-hybridized carbons (Fsp3) is 0.560. The van der Waals surface area contributed by atoms with E-state index in [9.17, 15) is 14.7 Å². The van der Waals surface area contributed by atoms with Crippen molar-refractivity contribution in [1.29, 1.82) is 0 Å². The molecule has 0 saturated heterocycles. The number of benzene rings is 1. The van der Waals surface area contributed by atoms with Gasteiger partial charge in [0.15, 0.2) is 0 Å². The number of rotatable bonds is 7. The Morgan fingerprint density at radius 2 is 1.94 bits per heavy atom. The first kappa shape index (κ1) is 25.2. The number of carbonyl (C=O) groups excluding carboxylic acids is 1. The van der Waals surface area contributed by atoms with Crippen LogP contribution in [0.1, 0.15) is 52.6 Å². The molecule has 0 unspecified atom stereocenters. The van der Waals surface area contributed by atoms with Crippen molar-refractivity contribution in [1.82, 2.24) is 15.1 Å². The van der Waals surface area contributed by atoms with E-state index < -0.39 is 17.5 Å². The van der Waals surface area contributed by atoms with Crippen LogP contribution in [0.4, 0.5) is 5.69 Å². The number of nitrogens with one attached hydrogen (secondary N) is 2. The molecule has 3 rings (SSSR count). The molecule has 1 amide bonds. The molecule has 0 aliphatic heterocycles. The van der Waals surface area contributed by atoms with Gasteiger partial charge in [-0.1, -0.05) is 76.6 Å². The zero-order valence-corrected chi connectivity index (χ0v) is 20.8. The van der Waals surface area contributed by atoms with Crippen molar-refractivity contribution in [3.8, 4) is 0 Å². The van der Waals surface area contributed by atoms with Crippen LogP contribution in [-0.4, -0.2) is 33.4 Å². The number of hydrogen-bond acceptors (Lipinski definition) is 5. The van der Waals surface area contributed by atoms with Gasteiger partial charge in [0, 0.05) is 6.04 Å². The zero-order valence-electron chi connectivity index (χ0n) is 20.0. The first-order chi connectivity index (χ1) is 15.6. The van der Waals surface area contributed by atoms with E-state index in [0.29, 0.717) is 23.4 Å². The van der Waals surface area contributed by atoms with Crippen LogP contribution < -0.4 is 16.2 Å². The molecular formula is C25H35ClN4O3. The van der Waals surface area contributed by atoms with Gasteiger partial charge in [0.1, 0.15) is 11.6 Å². The third-order valence-corrected chi connectivity index (χ3v) is 8.18. The van der Waals surface area contributed by atoms with Crippen molar-refractivity contribution in [3.05, 3.63) is 57.5 Å². The van der Waals surface area contributed by atoms with Crippen LogP contribution in [0.3, 0.4) is 0 Å². The number of amides is 1. The van der Waals surface area contributed by atoms with E-state index in [1.54, 1.807) is 0 Å². The number of carbonyl (C=O) groups is 1. The SMILES string of the molecule is C[C@@H]1[C@@H](C)C(C)(C)[C@@H](C)C[C@H]1Nc1cnn(CC(=O)N[C@@H](CO)c2ccccc2)c(=O)c1Cl. The molecule has 1 heterocycles. The Balaban J connectivity index is 1.70. The Kier molecular flexibility index (Phi) is 7.85. The quantitative estimate of drug-likeness (QED) is 0.566. The first-order valence-electron chi connectivity index (χ1n) is 11.5.